The first-order valence-corrected chi connectivity index (χ1v) is 12.8. The number of ether oxygens (including phenoxy) is 1. The summed E-state index contributed by atoms with van der Waals surface area (Å²) in [7, 11) is 1.31. The van der Waals surface area contributed by atoms with Crippen LogP contribution in [0.4, 0.5) is 5.69 Å². The third kappa shape index (κ3) is 6.31. The van der Waals surface area contributed by atoms with Crippen molar-refractivity contribution in [3.05, 3.63) is 89.5 Å². The second-order valence-corrected chi connectivity index (χ2v) is 10.3. The molecule has 1 aromatic heterocycles. The standard InChI is InChI=1S/C30H33N5O4/c1-6-20-11-13-21(14-12-20)27(28(37)31-30(2,3)4)35(23-17-15-22(16-18-23)29(38)39-5)26(36)19-34-25-10-8-7-9-24(25)32-33-34/h7-18,27H,6,19H2,1-5H3,(H,31,37)/t27-/m0/s1. The van der Waals surface area contributed by atoms with E-state index in [4.69, 9.17) is 4.74 Å². The topological polar surface area (TPSA) is 106 Å². The van der Waals surface area contributed by atoms with E-state index in [0.29, 0.717) is 27.8 Å². The summed E-state index contributed by atoms with van der Waals surface area (Å²) in [6.07, 6.45) is 0.843. The molecule has 0 unspecified atom stereocenters. The number of aryl methyl sites for hydroxylation is 1. The predicted molar refractivity (Wildman–Crippen MR) is 149 cm³/mol. The molecule has 1 N–H and O–H groups in total. The molecule has 9 nitrogen and oxygen atoms in total. The second-order valence-electron chi connectivity index (χ2n) is 10.3. The number of amides is 2. The normalized spacial score (nSPS) is 12.1. The Balaban J connectivity index is 1.83. The van der Waals surface area contributed by atoms with E-state index >= 15 is 0 Å². The van der Waals surface area contributed by atoms with Crippen LogP contribution in [0.5, 0.6) is 0 Å². The lowest BCUT2D eigenvalue weighted by molar-refractivity contribution is -0.128. The fraction of sp³-hybridized carbons (Fsp3) is 0.300. The molecule has 3 aromatic carbocycles. The van der Waals surface area contributed by atoms with Gasteiger partial charge in [0.1, 0.15) is 18.1 Å². The molecule has 0 aliphatic rings. The number of hydrogen-bond acceptors (Lipinski definition) is 6. The van der Waals surface area contributed by atoms with E-state index in [-0.39, 0.29) is 18.4 Å². The highest BCUT2D eigenvalue weighted by atomic mass is 16.5. The first-order chi connectivity index (χ1) is 18.6. The van der Waals surface area contributed by atoms with Crippen LogP contribution in [0.15, 0.2) is 72.8 Å². The van der Waals surface area contributed by atoms with Crippen LogP contribution < -0.4 is 10.2 Å². The van der Waals surface area contributed by atoms with Crippen molar-refractivity contribution in [2.24, 2.45) is 0 Å². The van der Waals surface area contributed by atoms with Gasteiger partial charge in [-0.2, -0.15) is 0 Å². The van der Waals surface area contributed by atoms with Crippen LogP contribution in [0.2, 0.25) is 0 Å². The fourth-order valence-electron chi connectivity index (χ4n) is 4.34. The minimum atomic E-state index is -0.985. The van der Waals surface area contributed by atoms with Crippen molar-refractivity contribution >= 4 is 34.5 Å². The maximum Gasteiger partial charge on any atom is 0.337 e. The number of nitrogens with one attached hydrogen (secondary N) is 1. The van der Waals surface area contributed by atoms with Crippen LogP contribution in [0.1, 0.15) is 55.2 Å². The lowest BCUT2D eigenvalue weighted by Gasteiger charge is -2.34. The number of nitrogens with zero attached hydrogens (tertiary/aromatic N) is 4. The van der Waals surface area contributed by atoms with E-state index < -0.39 is 17.6 Å². The molecule has 0 aliphatic heterocycles. The molecule has 0 spiro atoms. The summed E-state index contributed by atoms with van der Waals surface area (Å²) in [6, 6.07) is 20.5. The highest BCUT2D eigenvalue weighted by Gasteiger charge is 2.35. The zero-order chi connectivity index (χ0) is 28.2. The number of anilines is 1. The van der Waals surface area contributed by atoms with Crippen LogP contribution in [0, 0.1) is 0 Å². The van der Waals surface area contributed by atoms with Crippen LogP contribution in [-0.2, 0) is 27.3 Å². The van der Waals surface area contributed by atoms with Crippen LogP contribution in [0.3, 0.4) is 0 Å². The molecule has 0 bridgehead atoms. The van der Waals surface area contributed by atoms with Crippen molar-refractivity contribution in [3.63, 3.8) is 0 Å². The van der Waals surface area contributed by atoms with Crippen molar-refractivity contribution in [2.75, 3.05) is 12.0 Å². The van der Waals surface area contributed by atoms with Gasteiger partial charge < -0.3 is 10.1 Å². The zero-order valence-electron chi connectivity index (χ0n) is 22.8. The quantitative estimate of drug-likeness (QED) is 0.339. The van der Waals surface area contributed by atoms with Gasteiger partial charge in [-0.3, -0.25) is 14.5 Å². The number of methoxy groups -OCH3 is 1. The second kappa shape index (κ2) is 11.5. The van der Waals surface area contributed by atoms with Gasteiger partial charge >= 0.3 is 5.97 Å². The SMILES string of the molecule is CCc1ccc([C@@H](C(=O)NC(C)(C)C)N(C(=O)Cn2nnc3ccccc32)c2ccc(C(=O)OC)cc2)cc1. The molecule has 0 fully saturated rings. The van der Waals surface area contributed by atoms with Gasteiger partial charge in [0.15, 0.2) is 0 Å². The maximum absolute atomic E-state index is 14.1. The van der Waals surface area contributed by atoms with Crippen LogP contribution in [0.25, 0.3) is 11.0 Å². The molecule has 0 radical (unpaired) electrons. The zero-order valence-corrected chi connectivity index (χ0v) is 22.8. The number of fused-ring (bicyclic) bond motifs is 1. The highest BCUT2D eigenvalue weighted by Crippen LogP contribution is 2.30. The number of rotatable bonds is 8. The average molecular weight is 528 g/mol. The molecule has 0 aliphatic carbocycles. The van der Waals surface area contributed by atoms with Gasteiger partial charge in [0.25, 0.3) is 0 Å². The number of aromatic nitrogens is 3. The van der Waals surface area contributed by atoms with Crippen molar-refractivity contribution in [3.8, 4) is 0 Å². The van der Waals surface area contributed by atoms with E-state index in [2.05, 4.69) is 22.6 Å². The van der Waals surface area contributed by atoms with E-state index in [1.165, 1.54) is 16.7 Å². The molecule has 39 heavy (non-hydrogen) atoms. The minimum absolute atomic E-state index is 0.147. The number of esters is 1. The molecular formula is C30H33N5O4. The smallest absolute Gasteiger partial charge is 0.337 e. The van der Waals surface area contributed by atoms with Crippen molar-refractivity contribution in [2.45, 2.75) is 52.2 Å². The molecule has 2 amide bonds. The molecule has 4 rings (SSSR count). The first kappa shape index (κ1) is 27.5. The Labute approximate surface area is 227 Å². The Bertz CT molecular complexity index is 1470. The van der Waals surface area contributed by atoms with Crippen LogP contribution in [-0.4, -0.2) is 45.4 Å². The Hall–Kier alpha value is -4.53. The first-order valence-electron chi connectivity index (χ1n) is 12.8. The molecule has 0 saturated carbocycles. The average Bonchev–Trinajstić information content (AvgIpc) is 3.33. The fourth-order valence-corrected chi connectivity index (χ4v) is 4.34. The van der Waals surface area contributed by atoms with Gasteiger partial charge in [-0.1, -0.05) is 48.5 Å². The molecule has 0 saturated heterocycles. The van der Waals surface area contributed by atoms with Gasteiger partial charge in [-0.25, -0.2) is 9.48 Å². The van der Waals surface area contributed by atoms with Gasteiger partial charge in [-0.05, 0) is 74.7 Å². The van der Waals surface area contributed by atoms with Crippen molar-refractivity contribution < 1.29 is 19.1 Å². The molecule has 1 heterocycles. The number of para-hydroxylation sites is 1. The predicted octanol–water partition coefficient (Wildman–Crippen LogP) is 4.47. The summed E-state index contributed by atoms with van der Waals surface area (Å²) < 4.78 is 6.34. The third-order valence-electron chi connectivity index (χ3n) is 6.25. The van der Waals surface area contributed by atoms with Crippen LogP contribution >= 0.6 is 0 Å². The summed E-state index contributed by atoms with van der Waals surface area (Å²) >= 11 is 0. The Morgan fingerprint density at radius 2 is 1.64 bits per heavy atom. The number of carbonyl (C=O) groups excluding carboxylic acids is 3. The molecular weight excluding hydrogens is 494 g/mol. The monoisotopic (exact) mass is 527 g/mol. The summed E-state index contributed by atoms with van der Waals surface area (Å²) in [5.41, 5.74) is 3.38. The third-order valence-corrected chi connectivity index (χ3v) is 6.25. The van der Waals surface area contributed by atoms with Crippen molar-refractivity contribution in [1.29, 1.82) is 0 Å². The lowest BCUT2D eigenvalue weighted by atomic mass is 9.99. The molecule has 9 heteroatoms. The highest BCUT2D eigenvalue weighted by molar-refractivity contribution is 6.02. The van der Waals surface area contributed by atoms with Gasteiger partial charge in [0.2, 0.25) is 11.8 Å². The largest absolute Gasteiger partial charge is 0.465 e. The van der Waals surface area contributed by atoms with Gasteiger partial charge in [0.05, 0.1) is 18.2 Å². The Morgan fingerprint density at radius 3 is 2.26 bits per heavy atom. The molecule has 4 aromatic rings. The maximum atomic E-state index is 14.1. The number of carbonyl (C=O) groups is 3. The summed E-state index contributed by atoms with van der Waals surface area (Å²) in [5.74, 6) is -1.20. The van der Waals surface area contributed by atoms with Gasteiger partial charge in [-0.15, -0.1) is 5.10 Å². The van der Waals surface area contributed by atoms with E-state index in [1.54, 1.807) is 24.3 Å². The van der Waals surface area contributed by atoms with E-state index in [0.717, 1.165) is 12.0 Å². The number of benzene rings is 3. The summed E-state index contributed by atoms with van der Waals surface area (Å²) in [5, 5.41) is 11.4. The van der Waals surface area contributed by atoms with E-state index in [1.807, 2.05) is 69.3 Å². The molecule has 1 atom stereocenters. The lowest BCUT2D eigenvalue weighted by Crippen LogP contribution is -2.50. The van der Waals surface area contributed by atoms with E-state index in [9.17, 15) is 14.4 Å². The van der Waals surface area contributed by atoms with Crippen molar-refractivity contribution in [1.82, 2.24) is 20.3 Å². The minimum Gasteiger partial charge on any atom is -0.465 e. The number of hydrogen-bond donors (Lipinski definition) is 1. The van der Waals surface area contributed by atoms with Gasteiger partial charge in [0, 0.05) is 11.2 Å². The Morgan fingerprint density at radius 1 is 0.974 bits per heavy atom. The summed E-state index contributed by atoms with van der Waals surface area (Å²) in [6.45, 7) is 7.58. The molecule has 202 valence electrons. The summed E-state index contributed by atoms with van der Waals surface area (Å²) in [4.78, 5) is 41.5. The Kier molecular flexibility index (Phi) is 8.09.